The summed E-state index contributed by atoms with van der Waals surface area (Å²) in [6.07, 6.45) is 5.92. The standard InChI is InChI=1S/C30H41FN2O6/c1-16-18-12-19(18)24(27(35)32-15-29(2)8-5-9-29)25(16)33-26(34)20-13-23(21(31)14-22(20)38-4)39-17-6-10-30(3,11-7-17)28(36)37/h13-14,16-19,24-25H,5-12,15H2,1-4H3,(H,32,35)(H,33,34)(H,36,37)/t16-,17-,18-,19?,24+,25-,30+/m0/s1. The number of methoxy groups -OCH3 is 1. The van der Waals surface area contributed by atoms with Crippen LogP contribution < -0.4 is 20.1 Å². The van der Waals surface area contributed by atoms with Crippen LogP contribution in [-0.2, 0) is 9.59 Å². The molecule has 3 N–H and O–H groups in total. The summed E-state index contributed by atoms with van der Waals surface area (Å²) in [5.74, 6) is -1.31. The normalized spacial score (nSPS) is 34.3. The van der Waals surface area contributed by atoms with Crippen LogP contribution in [0, 0.1) is 40.3 Å². The molecule has 0 radical (unpaired) electrons. The molecule has 214 valence electrons. The van der Waals surface area contributed by atoms with Crippen molar-refractivity contribution < 1.29 is 33.4 Å². The molecule has 1 unspecified atom stereocenters. The summed E-state index contributed by atoms with van der Waals surface area (Å²) >= 11 is 0. The van der Waals surface area contributed by atoms with Crippen LogP contribution in [0.2, 0.25) is 0 Å². The molecule has 5 atom stereocenters. The SMILES string of the molecule is COc1cc(F)c(O[C@H]2CC[C@@](C)(C(=O)O)CC2)cc1C(=O)N[C@H]1[C@@H](C)[C@@H]2CC2[C@H]1C(=O)NCC1(C)CCC1. The Morgan fingerprint density at radius 1 is 1.08 bits per heavy atom. The third kappa shape index (κ3) is 5.33. The molecule has 4 fully saturated rings. The summed E-state index contributed by atoms with van der Waals surface area (Å²) in [5, 5.41) is 15.7. The number of carbonyl (C=O) groups excluding carboxylic acids is 2. The number of rotatable bonds is 9. The Bertz CT molecular complexity index is 1140. The lowest BCUT2D eigenvalue weighted by Gasteiger charge is -2.39. The van der Waals surface area contributed by atoms with Crippen LogP contribution in [0.3, 0.4) is 0 Å². The Morgan fingerprint density at radius 2 is 1.77 bits per heavy atom. The molecule has 9 heteroatoms. The summed E-state index contributed by atoms with van der Waals surface area (Å²) < 4.78 is 26.2. The second-order valence-corrected chi connectivity index (χ2v) is 13.0. The molecule has 1 aromatic carbocycles. The van der Waals surface area contributed by atoms with Gasteiger partial charge in [0, 0.05) is 18.7 Å². The van der Waals surface area contributed by atoms with Crippen molar-refractivity contribution in [1.29, 1.82) is 0 Å². The Hall–Kier alpha value is -2.84. The minimum atomic E-state index is -0.835. The number of hydrogen-bond donors (Lipinski definition) is 3. The maximum absolute atomic E-state index is 14.9. The van der Waals surface area contributed by atoms with Gasteiger partial charge in [0.1, 0.15) is 5.75 Å². The summed E-state index contributed by atoms with van der Waals surface area (Å²) in [6, 6.07) is 2.19. The van der Waals surface area contributed by atoms with Gasteiger partial charge in [0.2, 0.25) is 5.91 Å². The molecule has 5 rings (SSSR count). The van der Waals surface area contributed by atoms with Gasteiger partial charge >= 0.3 is 5.97 Å². The summed E-state index contributed by atoms with van der Waals surface area (Å²) in [4.78, 5) is 38.4. The molecule has 4 aliphatic rings. The topological polar surface area (TPSA) is 114 Å². The average Bonchev–Trinajstić information content (AvgIpc) is 3.62. The highest BCUT2D eigenvalue weighted by atomic mass is 19.1. The molecule has 0 aliphatic heterocycles. The number of halogens is 1. The molecule has 0 spiro atoms. The zero-order chi connectivity index (χ0) is 28.1. The van der Waals surface area contributed by atoms with Gasteiger partial charge in [0.25, 0.3) is 5.91 Å². The van der Waals surface area contributed by atoms with E-state index in [0.717, 1.165) is 25.3 Å². The molecular weight excluding hydrogens is 503 g/mol. The predicted octanol–water partition coefficient (Wildman–Crippen LogP) is 4.55. The van der Waals surface area contributed by atoms with Crippen molar-refractivity contribution in [2.75, 3.05) is 13.7 Å². The van der Waals surface area contributed by atoms with Crippen LogP contribution in [0.5, 0.6) is 11.5 Å². The first-order valence-corrected chi connectivity index (χ1v) is 14.3. The molecule has 0 heterocycles. The number of nitrogens with one attached hydrogen (secondary N) is 2. The smallest absolute Gasteiger partial charge is 0.309 e. The molecule has 0 saturated heterocycles. The molecular formula is C30H41FN2O6. The number of carbonyl (C=O) groups is 3. The van der Waals surface area contributed by atoms with Gasteiger partial charge in [-0.15, -0.1) is 0 Å². The molecule has 0 aromatic heterocycles. The second kappa shape index (κ2) is 10.3. The summed E-state index contributed by atoms with van der Waals surface area (Å²) in [5.41, 5.74) is -0.487. The fourth-order valence-electron chi connectivity index (χ4n) is 7.01. The lowest BCUT2D eigenvalue weighted by Crippen LogP contribution is -2.50. The summed E-state index contributed by atoms with van der Waals surface area (Å²) in [6.45, 7) is 6.66. The van der Waals surface area contributed by atoms with Crippen molar-refractivity contribution in [2.45, 2.75) is 84.3 Å². The monoisotopic (exact) mass is 544 g/mol. The van der Waals surface area contributed by atoms with E-state index in [2.05, 4.69) is 24.5 Å². The van der Waals surface area contributed by atoms with E-state index in [-0.39, 0.29) is 58.3 Å². The second-order valence-electron chi connectivity index (χ2n) is 13.0. The number of carboxylic acids is 1. The first-order valence-electron chi connectivity index (χ1n) is 14.3. The van der Waals surface area contributed by atoms with Gasteiger partial charge < -0.3 is 25.2 Å². The van der Waals surface area contributed by atoms with Gasteiger partial charge in [-0.3, -0.25) is 14.4 Å². The van der Waals surface area contributed by atoms with Crippen LogP contribution in [0.15, 0.2) is 12.1 Å². The molecule has 39 heavy (non-hydrogen) atoms. The molecule has 1 aromatic rings. The summed E-state index contributed by atoms with van der Waals surface area (Å²) in [7, 11) is 1.38. The molecule has 8 nitrogen and oxygen atoms in total. The molecule has 4 saturated carbocycles. The Kier molecular flexibility index (Phi) is 7.31. The number of carboxylic acid groups (broad SMARTS) is 1. The largest absolute Gasteiger partial charge is 0.496 e. The van der Waals surface area contributed by atoms with Crippen molar-refractivity contribution in [3.8, 4) is 11.5 Å². The zero-order valence-electron chi connectivity index (χ0n) is 23.3. The Labute approximate surface area is 229 Å². The van der Waals surface area contributed by atoms with Crippen molar-refractivity contribution in [2.24, 2.45) is 34.5 Å². The number of aliphatic carboxylic acids is 1. The lowest BCUT2D eigenvalue weighted by molar-refractivity contribution is -0.150. The number of amides is 2. The van der Waals surface area contributed by atoms with Gasteiger partial charge in [-0.1, -0.05) is 20.3 Å². The van der Waals surface area contributed by atoms with Gasteiger partial charge in [0.05, 0.1) is 30.1 Å². The van der Waals surface area contributed by atoms with E-state index in [1.165, 1.54) is 19.6 Å². The van der Waals surface area contributed by atoms with E-state index < -0.39 is 23.1 Å². The van der Waals surface area contributed by atoms with E-state index in [9.17, 15) is 23.9 Å². The third-order valence-corrected chi connectivity index (χ3v) is 10.2. The first-order chi connectivity index (χ1) is 18.4. The van der Waals surface area contributed by atoms with Gasteiger partial charge in [0.15, 0.2) is 11.6 Å². The van der Waals surface area contributed by atoms with Crippen LogP contribution in [0.4, 0.5) is 4.39 Å². The highest BCUT2D eigenvalue weighted by molar-refractivity contribution is 5.98. The lowest BCUT2D eigenvalue weighted by atomic mass is 9.70. The molecule has 4 aliphatic carbocycles. The number of hydrogen-bond acceptors (Lipinski definition) is 5. The van der Waals surface area contributed by atoms with E-state index in [4.69, 9.17) is 9.47 Å². The van der Waals surface area contributed by atoms with Crippen molar-refractivity contribution in [1.82, 2.24) is 10.6 Å². The van der Waals surface area contributed by atoms with Crippen molar-refractivity contribution >= 4 is 17.8 Å². The number of benzene rings is 1. The predicted molar refractivity (Wildman–Crippen MR) is 142 cm³/mol. The third-order valence-electron chi connectivity index (χ3n) is 10.2. The van der Waals surface area contributed by atoms with Crippen LogP contribution in [-0.4, -0.2) is 48.7 Å². The van der Waals surface area contributed by atoms with Gasteiger partial charge in [-0.25, -0.2) is 4.39 Å². The minimum absolute atomic E-state index is 0.00558. The maximum atomic E-state index is 14.9. The van der Waals surface area contributed by atoms with Crippen LogP contribution in [0.25, 0.3) is 0 Å². The average molecular weight is 545 g/mol. The van der Waals surface area contributed by atoms with Crippen molar-refractivity contribution in [3.05, 3.63) is 23.5 Å². The Balaban J connectivity index is 1.28. The highest BCUT2D eigenvalue weighted by Gasteiger charge is 2.60. The Morgan fingerprint density at radius 3 is 2.36 bits per heavy atom. The van der Waals surface area contributed by atoms with E-state index in [1.807, 2.05) is 0 Å². The van der Waals surface area contributed by atoms with Gasteiger partial charge in [-0.05, 0) is 81.1 Å². The fraction of sp³-hybridized carbons (Fsp3) is 0.700. The number of ether oxygens (including phenoxy) is 2. The van der Waals surface area contributed by atoms with E-state index >= 15 is 0 Å². The zero-order valence-corrected chi connectivity index (χ0v) is 23.3. The first kappa shape index (κ1) is 27.7. The highest BCUT2D eigenvalue weighted by Crippen LogP contribution is 2.58. The maximum Gasteiger partial charge on any atom is 0.309 e. The van der Waals surface area contributed by atoms with Crippen LogP contribution >= 0.6 is 0 Å². The fourth-order valence-corrected chi connectivity index (χ4v) is 7.01. The molecule has 0 bridgehead atoms. The van der Waals surface area contributed by atoms with Crippen molar-refractivity contribution in [3.63, 3.8) is 0 Å². The van der Waals surface area contributed by atoms with E-state index in [1.54, 1.807) is 6.92 Å². The molecule has 2 amide bonds. The van der Waals surface area contributed by atoms with Gasteiger partial charge in [-0.2, -0.15) is 0 Å². The van der Waals surface area contributed by atoms with Crippen LogP contribution in [0.1, 0.15) is 82.5 Å². The quantitative estimate of drug-likeness (QED) is 0.420. The van der Waals surface area contributed by atoms with E-state index in [0.29, 0.717) is 38.1 Å². The minimum Gasteiger partial charge on any atom is -0.496 e. The number of fused-ring (bicyclic) bond motifs is 1.